The van der Waals surface area contributed by atoms with E-state index in [2.05, 4.69) is 15.4 Å². The van der Waals surface area contributed by atoms with E-state index in [1.54, 1.807) is 11.3 Å². The lowest BCUT2D eigenvalue weighted by molar-refractivity contribution is 0.102. The molecule has 4 aromatic rings. The van der Waals surface area contributed by atoms with Gasteiger partial charge in [0, 0.05) is 16.9 Å². The number of carbonyl (C=O) groups is 1. The number of fused-ring (bicyclic) bond motifs is 1. The lowest BCUT2D eigenvalue weighted by Crippen LogP contribution is -2.12. The Kier molecular flexibility index (Phi) is 4.49. The first-order chi connectivity index (χ1) is 13.0. The molecule has 136 valence electrons. The number of hydrogen-bond donors (Lipinski definition) is 1. The zero-order valence-corrected chi connectivity index (χ0v) is 16.3. The molecule has 0 fully saturated rings. The van der Waals surface area contributed by atoms with Gasteiger partial charge in [0.2, 0.25) is 0 Å². The largest absolute Gasteiger partial charge is 0.322 e. The Bertz CT molecular complexity index is 1140. The highest BCUT2D eigenvalue weighted by Gasteiger charge is 2.10. The summed E-state index contributed by atoms with van der Waals surface area (Å²) in [6, 6.07) is 15.5. The van der Waals surface area contributed by atoms with Crippen LogP contribution in [0.2, 0.25) is 0 Å². The predicted molar refractivity (Wildman–Crippen MR) is 110 cm³/mol. The Labute approximate surface area is 161 Å². The number of anilines is 1. The Balaban J connectivity index is 1.53. The van der Waals surface area contributed by atoms with E-state index in [1.165, 1.54) is 0 Å². The van der Waals surface area contributed by atoms with Gasteiger partial charge in [-0.1, -0.05) is 12.1 Å². The van der Waals surface area contributed by atoms with Gasteiger partial charge >= 0.3 is 0 Å². The fourth-order valence-electron chi connectivity index (χ4n) is 3.14. The molecule has 2 aromatic carbocycles. The Morgan fingerprint density at radius 2 is 1.96 bits per heavy atom. The molecular formula is C21H20N4OS. The van der Waals surface area contributed by atoms with Crippen LogP contribution in [-0.2, 0) is 6.54 Å². The molecule has 0 aliphatic carbocycles. The van der Waals surface area contributed by atoms with Gasteiger partial charge in [-0.2, -0.15) is 5.10 Å². The Hall–Kier alpha value is -2.99. The van der Waals surface area contributed by atoms with E-state index < -0.39 is 0 Å². The van der Waals surface area contributed by atoms with E-state index in [9.17, 15) is 4.79 Å². The highest BCUT2D eigenvalue weighted by atomic mass is 32.1. The van der Waals surface area contributed by atoms with Crippen LogP contribution in [0.15, 0.2) is 48.5 Å². The second-order valence-corrected chi connectivity index (χ2v) is 7.89. The summed E-state index contributed by atoms with van der Waals surface area (Å²) >= 11 is 1.62. The molecule has 1 amide bonds. The lowest BCUT2D eigenvalue weighted by Gasteiger charge is -2.08. The molecule has 5 nitrogen and oxygen atoms in total. The maximum absolute atomic E-state index is 12.7. The molecule has 0 unspecified atom stereocenters. The van der Waals surface area contributed by atoms with Crippen molar-refractivity contribution in [2.45, 2.75) is 27.3 Å². The number of thiazole rings is 1. The van der Waals surface area contributed by atoms with E-state index in [0.29, 0.717) is 12.1 Å². The molecule has 0 saturated carbocycles. The van der Waals surface area contributed by atoms with Crippen molar-refractivity contribution in [1.82, 2.24) is 14.8 Å². The first-order valence-electron chi connectivity index (χ1n) is 8.76. The van der Waals surface area contributed by atoms with Gasteiger partial charge in [0.1, 0.15) is 0 Å². The van der Waals surface area contributed by atoms with Crippen LogP contribution in [0.1, 0.15) is 32.3 Å². The topological polar surface area (TPSA) is 59.8 Å². The summed E-state index contributed by atoms with van der Waals surface area (Å²) in [5, 5.41) is 8.49. The van der Waals surface area contributed by atoms with Crippen molar-refractivity contribution in [3.63, 3.8) is 0 Å². The summed E-state index contributed by atoms with van der Waals surface area (Å²) in [6.45, 7) is 6.65. The third-order valence-electron chi connectivity index (χ3n) is 4.38. The normalized spacial score (nSPS) is 11.1. The minimum atomic E-state index is -0.120. The maximum Gasteiger partial charge on any atom is 0.255 e. The average molecular weight is 376 g/mol. The van der Waals surface area contributed by atoms with Crippen LogP contribution in [0.5, 0.6) is 0 Å². The van der Waals surface area contributed by atoms with Crippen molar-refractivity contribution < 1.29 is 4.79 Å². The molecule has 2 heterocycles. The number of nitrogens with one attached hydrogen (secondary N) is 1. The number of aromatic nitrogens is 3. The van der Waals surface area contributed by atoms with Crippen LogP contribution in [-0.4, -0.2) is 20.7 Å². The van der Waals surface area contributed by atoms with Gasteiger partial charge in [0.25, 0.3) is 5.91 Å². The number of hydrogen-bond acceptors (Lipinski definition) is 4. The number of rotatable bonds is 4. The molecule has 27 heavy (non-hydrogen) atoms. The summed E-state index contributed by atoms with van der Waals surface area (Å²) in [5.41, 5.74) is 5.52. The summed E-state index contributed by atoms with van der Waals surface area (Å²) in [6.07, 6.45) is 0. The van der Waals surface area contributed by atoms with Crippen LogP contribution in [0.25, 0.3) is 10.2 Å². The molecule has 0 spiro atoms. The van der Waals surface area contributed by atoms with E-state index in [-0.39, 0.29) is 5.91 Å². The first kappa shape index (κ1) is 17.4. The molecule has 2 aromatic heterocycles. The first-order valence-corrected chi connectivity index (χ1v) is 9.58. The van der Waals surface area contributed by atoms with Crippen molar-refractivity contribution in [1.29, 1.82) is 0 Å². The molecular weight excluding hydrogens is 356 g/mol. The zero-order valence-electron chi connectivity index (χ0n) is 15.5. The Morgan fingerprint density at radius 3 is 2.74 bits per heavy atom. The highest BCUT2D eigenvalue weighted by molar-refractivity contribution is 7.18. The molecule has 0 saturated heterocycles. The zero-order chi connectivity index (χ0) is 19.0. The monoisotopic (exact) mass is 376 g/mol. The minimum absolute atomic E-state index is 0.120. The van der Waals surface area contributed by atoms with E-state index in [4.69, 9.17) is 0 Å². The van der Waals surface area contributed by atoms with E-state index in [0.717, 1.165) is 37.9 Å². The second kappa shape index (κ2) is 6.96. The summed E-state index contributed by atoms with van der Waals surface area (Å²) in [4.78, 5) is 17.1. The molecule has 0 atom stereocenters. The second-order valence-electron chi connectivity index (χ2n) is 6.65. The van der Waals surface area contributed by atoms with E-state index >= 15 is 0 Å². The van der Waals surface area contributed by atoms with Gasteiger partial charge in [0.15, 0.2) is 0 Å². The van der Waals surface area contributed by atoms with Gasteiger partial charge in [-0.3, -0.25) is 9.48 Å². The van der Waals surface area contributed by atoms with Gasteiger partial charge in [-0.05, 0) is 62.7 Å². The van der Waals surface area contributed by atoms with Crippen molar-refractivity contribution in [3.05, 3.63) is 76.1 Å². The molecule has 0 aliphatic rings. The number of benzene rings is 2. The lowest BCUT2D eigenvalue weighted by atomic mass is 10.1. The molecule has 0 radical (unpaired) electrons. The molecule has 0 aliphatic heterocycles. The fourth-order valence-corrected chi connectivity index (χ4v) is 4.01. The van der Waals surface area contributed by atoms with Crippen molar-refractivity contribution in [2.24, 2.45) is 0 Å². The van der Waals surface area contributed by atoms with Gasteiger partial charge < -0.3 is 5.32 Å². The summed E-state index contributed by atoms with van der Waals surface area (Å²) < 4.78 is 3.02. The number of nitrogens with zero attached hydrogens (tertiary/aromatic N) is 3. The van der Waals surface area contributed by atoms with E-state index in [1.807, 2.05) is 74.0 Å². The van der Waals surface area contributed by atoms with Gasteiger partial charge in [0.05, 0.1) is 27.5 Å². The third-order valence-corrected chi connectivity index (χ3v) is 5.31. The smallest absolute Gasteiger partial charge is 0.255 e. The van der Waals surface area contributed by atoms with Crippen molar-refractivity contribution in [2.75, 3.05) is 5.32 Å². The van der Waals surface area contributed by atoms with Crippen LogP contribution >= 0.6 is 11.3 Å². The molecule has 4 rings (SSSR count). The fraction of sp³-hybridized carbons (Fsp3) is 0.190. The molecule has 1 N–H and O–H groups in total. The van der Waals surface area contributed by atoms with Gasteiger partial charge in [-0.15, -0.1) is 11.3 Å². The van der Waals surface area contributed by atoms with Gasteiger partial charge in [-0.25, -0.2) is 4.98 Å². The van der Waals surface area contributed by atoms with Crippen molar-refractivity contribution in [3.8, 4) is 0 Å². The summed E-state index contributed by atoms with van der Waals surface area (Å²) in [7, 11) is 0. The third kappa shape index (κ3) is 3.75. The quantitative estimate of drug-likeness (QED) is 0.561. The van der Waals surface area contributed by atoms with Crippen molar-refractivity contribution >= 4 is 33.1 Å². The Morgan fingerprint density at radius 1 is 1.11 bits per heavy atom. The molecule has 0 bridgehead atoms. The predicted octanol–water partition coefficient (Wildman–Crippen LogP) is 4.72. The molecule has 6 heteroatoms. The highest BCUT2D eigenvalue weighted by Crippen LogP contribution is 2.25. The van der Waals surface area contributed by atoms with Crippen LogP contribution in [0, 0.1) is 20.8 Å². The number of aryl methyl sites for hydroxylation is 3. The van der Waals surface area contributed by atoms with Crippen LogP contribution < -0.4 is 5.32 Å². The maximum atomic E-state index is 12.7. The summed E-state index contributed by atoms with van der Waals surface area (Å²) in [5.74, 6) is -0.120. The average Bonchev–Trinajstić information content (AvgIpc) is 3.15. The number of carbonyl (C=O) groups excluding carboxylic acids is 1. The van der Waals surface area contributed by atoms with Crippen LogP contribution in [0.3, 0.4) is 0 Å². The number of amides is 1. The SMILES string of the molecule is Cc1cc(C)n(Cc2cccc(C(=O)Nc3ccc4nc(C)sc4c3)c2)n1. The minimum Gasteiger partial charge on any atom is -0.322 e. The van der Waals surface area contributed by atoms with Crippen LogP contribution in [0.4, 0.5) is 5.69 Å². The standard InChI is InChI=1S/C21H20N4OS/c1-13-9-14(2)25(24-13)12-16-5-4-6-17(10-16)21(26)23-18-7-8-19-20(11-18)27-15(3)22-19/h4-11H,12H2,1-3H3,(H,23,26).